The third-order valence-corrected chi connectivity index (χ3v) is 5.08. The van der Waals surface area contributed by atoms with Gasteiger partial charge in [-0.25, -0.2) is 4.79 Å². The van der Waals surface area contributed by atoms with Crippen molar-refractivity contribution in [2.45, 2.75) is 32.4 Å². The third kappa shape index (κ3) is 4.61. The minimum absolute atomic E-state index is 0.0177. The van der Waals surface area contributed by atoms with Gasteiger partial charge in [0.05, 0.1) is 13.2 Å². The van der Waals surface area contributed by atoms with Crippen LogP contribution in [0.1, 0.15) is 42.5 Å². The van der Waals surface area contributed by atoms with E-state index in [1.165, 1.54) is 11.1 Å². The molecule has 2 aromatic rings. The molecule has 1 fully saturated rings. The molecule has 1 unspecified atom stereocenters. The highest BCUT2D eigenvalue weighted by molar-refractivity contribution is 5.75. The zero-order valence-electron chi connectivity index (χ0n) is 16.4. The van der Waals surface area contributed by atoms with Crippen molar-refractivity contribution in [3.05, 3.63) is 65.2 Å². The van der Waals surface area contributed by atoms with Crippen LogP contribution in [0.2, 0.25) is 0 Å². The van der Waals surface area contributed by atoms with Gasteiger partial charge in [0.1, 0.15) is 5.75 Å². The van der Waals surface area contributed by atoms with Gasteiger partial charge in [-0.3, -0.25) is 0 Å². The van der Waals surface area contributed by atoms with Crippen LogP contribution in [-0.2, 0) is 6.54 Å². The number of urea groups is 1. The van der Waals surface area contributed by atoms with E-state index in [1.807, 2.05) is 29.2 Å². The van der Waals surface area contributed by atoms with E-state index in [0.29, 0.717) is 19.0 Å². The van der Waals surface area contributed by atoms with E-state index in [1.54, 1.807) is 7.11 Å². The summed E-state index contributed by atoms with van der Waals surface area (Å²) in [5.41, 5.74) is 3.59. The van der Waals surface area contributed by atoms with Gasteiger partial charge in [-0.1, -0.05) is 50.2 Å². The Morgan fingerprint density at radius 2 is 1.96 bits per heavy atom. The van der Waals surface area contributed by atoms with E-state index < -0.39 is 0 Å². The molecule has 2 N–H and O–H groups in total. The third-order valence-electron chi connectivity index (χ3n) is 5.08. The van der Waals surface area contributed by atoms with Gasteiger partial charge in [0.25, 0.3) is 0 Å². The molecule has 0 aromatic heterocycles. The van der Waals surface area contributed by atoms with Gasteiger partial charge in [0.15, 0.2) is 0 Å². The van der Waals surface area contributed by atoms with Crippen molar-refractivity contribution < 1.29 is 9.53 Å². The molecule has 2 amide bonds. The monoisotopic (exact) mass is 367 g/mol. The SMILES string of the molecule is COc1ccc(CNC(=O)N2CCNCC2c2ccccc2C(C)C)cc1. The first kappa shape index (κ1) is 19.2. The average Bonchev–Trinajstić information content (AvgIpc) is 2.72. The lowest BCUT2D eigenvalue weighted by atomic mass is 9.91. The largest absolute Gasteiger partial charge is 0.497 e. The van der Waals surface area contributed by atoms with E-state index >= 15 is 0 Å². The Balaban J connectivity index is 1.72. The van der Waals surface area contributed by atoms with Crippen LogP contribution < -0.4 is 15.4 Å². The summed E-state index contributed by atoms with van der Waals surface area (Å²) in [7, 11) is 1.65. The van der Waals surface area contributed by atoms with Crippen molar-refractivity contribution in [2.24, 2.45) is 0 Å². The van der Waals surface area contributed by atoms with Crippen molar-refractivity contribution in [3.8, 4) is 5.75 Å². The zero-order valence-corrected chi connectivity index (χ0v) is 16.4. The minimum atomic E-state index is -0.0177. The number of methoxy groups -OCH3 is 1. The fraction of sp³-hybridized carbons (Fsp3) is 0.409. The number of hydrogen-bond acceptors (Lipinski definition) is 3. The summed E-state index contributed by atoms with van der Waals surface area (Å²) >= 11 is 0. The van der Waals surface area contributed by atoms with E-state index in [2.05, 4.69) is 48.7 Å². The number of ether oxygens (including phenoxy) is 1. The van der Waals surface area contributed by atoms with Gasteiger partial charge >= 0.3 is 6.03 Å². The van der Waals surface area contributed by atoms with Crippen molar-refractivity contribution in [3.63, 3.8) is 0 Å². The second kappa shape index (κ2) is 8.91. The van der Waals surface area contributed by atoms with Gasteiger partial charge in [0.2, 0.25) is 0 Å². The Hall–Kier alpha value is -2.53. The molecule has 0 aliphatic carbocycles. The van der Waals surface area contributed by atoms with Crippen LogP contribution in [0, 0.1) is 0 Å². The van der Waals surface area contributed by atoms with Gasteiger partial charge < -0.3 is 20.3 Å². The maximum absolute atomic E-state index is 12.9. The zero-order chi connectivity index (χ0) is 19.2. The number of carbonyl (C=O) groups excluding carboxylic acids is 1. The molecule has 1 heterocycles. The van der Waals surface area contributed by atoms with E-state index in [0.717, 1.165) is 24.4 Å². The lowest BCUT2D eigenvalue weighted by Gasteiger charge is -2.37. The lowest BCUT2D eigenvalue weighted by molar-refractivity contribution is 0.158. The van der Waals surface area contributed by atoms with Crippen molar-refractivity contribution in [1.29, 1.82) is 0 Å². The van der Waals surface area contributed by atoms with Crippen molar-refractivity contribution in [1.82, 2.24) is 15.5 Å². The highest BCUT2D eigenvalue weighted by Crippen LogP contribution is 2.29. The molecule has 1 saturated heterocycles. The average molecular weight is 367 g/mol. The Morgan fingerprint density at radius 1 is 1.22 bits per heavy atom. The highest BCUT2D eigenvalue weighted by Gasteiger charge is 2.29. The molecule has 1 aliphatic heterocycles. The first-order chi connectivity index (χ1) is 13.1. The van der Waals surface area contributed by atoms with E-state index in [9.17, 15) is 4.79 Å². The maximum Gasteiger partial charge on any atom is 0.318 e. The Morgan fingerprint density at radius 3 is 2.67 bits per heavy atom. The first-order valence-corrected chi connectivity index (χ1v) is 9.57. The molecular weight excluding hydrogens is 338 g/mol. The van der Waals surface area contributed by atoms with Crippen LogP contribution in [-0.4, -0.2) is 37.7 Å². The van der Waals surface area contributed by atoms with Gasteiger partial charge in [-0.15, -0.1) is 0 Å². The molecule has 1 aliphatic rings. The summed E-state index contributed by atoms with van der Waals surface area (Å²) in [6.45, 7) is 7.19. The second-order valence-corrected chi connectivity index (χ2v) is 7.20. The minimum Gasteiger partial charge on any atom is -0.497 e. The van der Waals surface area contributed by atoms with Crippen LogP contribution in [0.5, 0.6) is 5.75 Å². The molecule has 1 atom stereocenters. The number of amides is 2. The smallest absolute Gasteiger partial charge is 0.318 e. The quantitative estimate of drug-likeness (QED) is 0.848. The number of hydrogen-bond donors (Lipinski definition) is 2. The van der Waals surface area contributed by atoms with Crippen LogP contribution in [0.15, 0.2) is 48.5 Å². The number of benzene rings is 2. The summed E-state index contributed by atoms with van der Waals surface area (Å²) in [6, 6.07) is 16.3. The van der Waals surface area contributed by atoms with E-state index in [4.69, 9.17) is 4.74 Å². The highest BCUT2D eigenvalue weighted by atomic mass is 16.5. The number of nitrogens with one attached hydrogen (secondary N) is 2. The summed E-state index contributed by atoms with van der Waals surface area (Å²) < 4.78 is 5.18. The molecular formula is C22H29N3O2. The number of nitrogens with zero attached hydrogens (tertiary/aromatic N) is 1. The summed E-state index contributed by atoms with van der Waals surface area (Å²) in [5, 5.41) is 6.51. The second-order valence-electron chi connectivity index (χ2n) is 7.20. The molecule has 27 heavy (non-hydrogen) atoms. The van der Waals surface area contributed by atoms with E-state index in [-0.39, 0.29) is 12.1 Å². The Kier molecular flexibility index (Phi) is 6.35. The predicted octanol–water partition coefficient (Wildman–Crippen LogP) is 3.67. The van der Waals surface area contributed by atoms with Crippen molar-refractivity contribution >= 4 is 6.03 Å². The number of carbonyl (C=O) groups is 1. The molecule has 5 heteroatoms. The van der Waals surface area contributed by atoms with Crippen LogP contribution in [0.25, 0.3) is 0 Å². The fourth-order valence-corrected chi connectivity index (χ4v) is 3.59. The van der Waals surface area contributed by atoms with Crippen LogP contribution >= 0.6 is 0 Å². The molecule has 2 aromatic carbocycles. The summed E-state index contributed by atoms with van der Waals surface area (Å²) in [4.78, 5) is 14.9. The van der Waals surface area contributed by atoms with Crippen molar-refractivity contribution in [2.75, 3.05) is 26.7 Å². The van der Waals surface area contributed by atoms with Gasteiger partial charge in [-0.2, -0.15) is 0 Å². The first-order valence-electron chi connectivity index (χ1n) is 9.57. The molecule has 5 nitrogen and oxygen atoms in total. The predicted molar refractivity (Wildman–Crippen MR) is 108 cm³/mol. The summed E-state index contributed by atoms with van der Waals surface area (Å²) in [6.07, 6.45) is 0. The molecule has 0 radical (unpaired) electrons. The topological polar surface area (TPSA) is 53.6 Å². The molecule has 0 spiro atoms. The number of rotatable bonds is 5. The van der Waals surface area contributed by atoms with Crippen LogP contribution in [0.4, 0.5) is 4.79 Å². The lowest BCUT2D eigenvalue weighted by Crippen LogP contribution is -2.52. The Bertz CT molecular complexity index is 758. The van der Waals surface area contributed by atoms with Gasteiger partial charge in [0, 0.05) is 26.2 Å². The fourth-order valence-electron chi connectivity index (χ4n) is 3.59. The normalized spacial score (nSPS) is 17.0. The molecule has 144 valence electrons. The Labute approximate surface area is 161 Å². The van der Waals surface area contributed by atoms with Crippen LogP contribution in [0.3, 0.4) is 0 Å². The molecule has 0 bridgehead atoms. The van der Waals surface area contributed by atoms with Gasteiger partial charge in [-0.05, 0) is 34.7 Å². The maximum atomic E-state index is 12.9. The summed E-state index contributed by atoms with van der Waals surface area (Å²) in [5.74, 6) is 1.24. The standard InChI is InChI=1S/C22H29N3O2/c1-16(2)19-6-4-5-7-20(19)21-15-23-12-13-25(21)22(26)24-14-17-8-10-18(27-3)11-9-17/h4-11,16,21,23H,12-15H2,1-3H3,(H,24,26). The number of piperazine rings is 1. The molecule has 3 rings (SSSR count). The molecule has 0 saturated carbocycles.